The maximum atomic E-state index is 12.0. The minimum absolute atomic E-state index is 0.222. The second-order valence-corrected chi connectivity index (χ2v) is 5.25. The summed E-state index contributed by atoms with van der Waals surface area (Å²) in [7, 11) is 3.26. The molecule has 0 heterocycles. The third-order valence-corrected chi connectivity index (χ3v) is 3.53. The standard InChI is InChI=1S/C13H23N3O4/c1-16(2)13(20)15-8-7-14-11(17)9-5-3-4-6-10(9)12(18)19/h9-10H,3-8H2,1-2H3,(H,14,17)(H,15,20)(H,18,19). The van der Waals surface area contributed by atoms with Crippen LogP contribution in [0.25, 0.3) is 0 Å². The highest BCUT2D eigenvalue weighted by Crippen LogP contribution is 2.30. The van der Waals surface area contributed by atoms with Gasteiger partial charge in [-0.05, 0) is 12.8 Å². The molecule has 7 nitrogen and oxygen atoms in total. The Labute approximate surface area is 118 Å². The topological polar surface area (TPSA) is 98.7 Å². The van der Waals surface area contributed by atoms with Gasteiger partial charge in [0, 0.05) is 27.2 Å². The van der Waals surface area contributed by atoms with E-state index >= 15 is 0 Å². The van der Waals surface area contributed by atoms with E-state index in [0.29, 0.717) is 25.9 Å². The highest BCUT2D eigenvalue weighted by atomic mass is 16.4. The molecule has 1 fully saturated rings. The molecule has 0 saturated heterocycles. The molecule has 3 N–H and O–H groups in total. The highest BCUT2D eigenvalue weighted by Gasteiger charge is 2.35. The molecule has 114 valence electrons. The molecular weight excluding hydrogens is 262 g/mol. The Morgan fingerprint density at radius 2 is 1.60 bits per heavy atom. The zero-order chi connectivity index (χ0) is 15.1. The Bertz CT molecular complexity index is 371. The van der Waals surface area contributed by atoms with E-state index in [2.05, 4.69) is 10.6 Å². The van der Waals surface area contributed by atoms with E-state index in [1.54, 1.807) is 14.1 Å². The molecule has 3 amide bonds. The number of carboxylic acids is 1. The van der Waals surface area contributed by atoms with E-state index in [9.17, 15) is 14.4 Å². The number of nitrogens with zero attached hydrogens (tertiary/aromatic N) is 1. The quantitative estimate of drug-likeness (QED) is 0.631. The molecule has 0 spiro atoms. The van der Waals surface area contributed by atoms with Gasteiger partial charge in [-0.1, -0.05) is 12.8 Å². The minimum Gasteiger partial charge on any atom is -0.481 e. The number of carboxylic acid groups (broad SMARTS) is 1. The zero-order valence-electron chi connectivity index (χ0n) is 12.0. The van der Waals surface area contributed by atoms with Gasteiger partial charge < -0.3 is 20.6 Å². The fraction of sp³-hybridized carbons (Fsp3) is 0.769. The first kappa shape index (κ1) is 16.3. The van der Waals surface area contributed by atoms with Crippen LogP contribution in [0.1, 0.15) is 25.7 Å². The van der Waals surface area contributed by atoms with Gasteiger partial charge in [0.2, 0.25) is 5.91 Å². The smallest absolute Gasteiger partial charge is 0.316 e. The molecule has 0 aromatic carbocycles. The SMILES string of the molecule is CN(C)C(=O)NCCNC(=O)C1CCCCC1C(=O)O. The monoisotopic (exact) mass is 285 g/mol. The van der Waals surface area contributed by atoms with Crippen LogP contribution in [0.15, 0.2) is 0 Å². The van der Waals surface area contributed by atoms with E-state index in [0.717, 1.165) is 12.8 Å². The van der Waals surface area contributed by atoms with Crippen molar-refractivity contribution in [1.82, 2.24) is 15.5 Å². The molecule has 20 heavy (non-hydrogen) atoms. The molecule has 1 rings (SSSR count). The second kappa shape index (κ2) is 7.72. The van der Waals surface area contributed by atoms with E-state index in [1.165, 1.54) is 4.90 Å². The van der Waals surface area contributed by atoms with Gasteiger partial charge in [-0.3, -0.25) is 9.59 Å². The van der Waals surface area contributed by atoms with Gasteiger partial charge >= 0.3 is 12.0 Å². The van der Waals surface area contributed by atoms with Crippen molar-refractivity contribution in [2.24, 2.45) is 11.8 Å². The summed E-state index contributed by atoms with van der Waals surface area (Å²) in [4.78, 5) is 35.8. The highest BCUT2D eigenvalue weighted by molar-refractivity contribution is 5.84. The van der Waals surface area contributed by atoms with Crippen molar-refractivity contribution in [1.29, 1.82) is 0 Å². The van der Waals surface area contributed by atoms with Gasteiger partial charge in [-0.25, -0.2) is 4.79 Å². The Hall–Kier alpha value is -1.79. The molecule has 0 radical (unpaired) electrons. The summed E-state index contributed by atoms with van der Waals surface area (Å²) in [6, 6.07) is -0.222. The lowest BCUT2D eigenvalue weighted by atomic mass is 9.79. The largest absolute Gasteiger partial charge is 0.481 e. The number of hydrogen-bond acceptors (Lipinski definition) is 3. The summed E-state index contributed by atoms with van der Waals surface area (Å²) in [6.45, 7) is 0.633. The number of amides is 3. The van der Waals surface area contributed by atoms with Crippen molar-refractivity contribution in [2.75, 3.05) is 27.2 Å². The summed E-state index contributed by atoms with van der Waals surface area (Å²) in [5, 5.41) is 14.4. The molecule has 0 aromatic rings. The first-order valence-corrected chi connectivity index (χ1v) is 6.89. The van der Waals surface area contributed by atoms with Crippen LogP contribution in [-0.4, -0.2) is 55.1 Å². The van der Waals surface area contributed by atoms with Crippen molar-refractivity contribution >= 4 is 17.9 Å². The Balaban J connectivity index is 2.34. The summed E-state index contributed by atoms with van der Waals surface area (Å²) in [5.74, 6) is -2.16. The van der Waals surface area contributed by atoms with Gasteiger partial charge in [0.05, 0.1) is 11.8 Å². The van der Waals surface area contributed by atoms with Crippen molar-refractivity contribution < 1.29 is 19.5 Å². The van der Waals surface area contributed by atoms with Crippen molar-refractivity contribution in [2.45, 2.75) is 25.7 Å². The van der Waals surface area contributed by atoms with E-state index in [1.807, 2.05) is 0 Å². The maximum absolute atomic E-state index is 12.0. The fourth-order valence-electron chi connectivity index (χ4n) is 2.38. The molecule has 1 aliphatic rings. The van der Waals surface area contributed by atoms with Crippen molar-refractivity contribution in [3.05, 3.63) is 0 Å². The Kier molecular flexibility index (Phi) is 6.27. The maximum Gasteiger partial charge on any atom is 0.316 e. The summed E-state index contributed by atoms with van der Waals surface area (Å²) in [5.41, 5.74) is 0. The van der Waals surface area contributed by atoms with Crippen molar-refractivity contribution in [3.63, 3.8) is 0 Å². The number of aliphatic carboxylic acids is 1. The Morgan fingerprint density at radius 3 is 2.15 bits per heavy atom. The van der Waals surface area contributed by atoms with E-state index in [-0.39, 0.29) is 11.9 Å². The fourth-order valence-corrected chi connectivity index (χ4v) is 2.38. The first-order valence-electron chi connectivity index (χ1n) is 6.89. The predicted octanol–water partition coefficient (Wildman–Crippen LogP) is 0.265. The first-order chi connectivity index (χ1) is 9.43. The molecule has 2 unspecified atom stereocenters. The third-order valence-electron chi connectivity index (χ3n) is 3.53. The molecule has 7 heteroatoms. The zero-order valence-corrected chi connectivity index (χ0v) is 12.0. The van der Waals surface area contributed by atoms with Crippen LogP contribution in [0.5, 0.6) is 0 Å². The lowest BCUT2D eigenvalue weighted by molar-refractivity contribution is -0.148. The van der Waals surface area contributed by atoms with Gasteiger partial charge in [0.15, 0.2) is 0 Å². The van der Waals surface area contributed by atoms with Crippen LogP contribution in [0, 0.1) is 11.8 Å². The molecule has 2 atom stereocenters. The average Bonchev–Trinajstić information content (AvgIpc) is 2.42. The van der Waals surface area contributed by atoms with Crippen LogP contribution in [0.3, 0.4) is 0 Å². The normalized spacial score (nSPS) is 21.9. The number of carbonyl (C=O) groups excluding carboxylic acids is 2. The third kappa shape index (κ3) is 4.71. The minimum atomic E-state index is -0.897. The van der Waals surface area contributed by atoms with Gasteiger partial charge in [0.1, 0.15) is 0 Å². The number of rotatable bonds is 5. The molecule has 0 bridgehead atoms. The summed E-state index contributed by atoms with van der Waals surface area (Å²) >= 11 is 0. The van der Waals surface area contributed by atoms with Gasteiger partial charge in [-0.2, -0.15) is 0 Å². The second-order valence-electron chi connectivity index (χ2n) is 5.25. The molecular formula is C13H23N3O4. The lowest BCUT2D eigenvalue weighted by Crippen LogP contribution is -2.43. The van der Waals surface area contributed by atoms with Crippen LogP contribution in [-0.2, 0) is 9.59 Å². The van der Waals surface area contributed by atoms with Crippen LogP contribution in [0.2, 0.25) is 0 Å². The summed E-state index contributed by atoms with van der Waals surface area (Å²) < 4.78 is 0. The number of hydrogen-bond donors (Lipinski definition) is 3. The molecule has 0 aliphatic heterocycles. The lowest BCUT2D eigenvalue weighted by Gasteiger charge is -2.27. The van der Waals surface area contributed by atoms with E-state index < -0.39 is 17.8 Å². The van der Waals surface area contributed by atoms with Crippen LogP contribution < -0.4 is 10.6 Å². The molecule has 0 aromatic heterocycles. The number of urea groups is 1. The molecule has 1 aliphatic carbocycles. The molecule has 1 saturated carbocycles. The van der Waals surface area contributed by atoms with Crippen LogP contribution in [0.4, 0.5) is 4.79 Å². The van der Waals surface area contributed by atoms with Gasteiger partial charge in [-0.15, -0.1) is 0 Å². The summed E-state index contributed by atoms with van der Waals surface area (Å²) in [6.07, 6.45) is 2.93. The van der Waals surface area contributed by atoms with Gasteiger partial charge in [0.25, 0.3) is 0 Å². The van der Waals surface area contributed by atoms with Crippen molar-refractivity contribution in [3.8, 4) is 0 Å². The Morgan fingerprint density at radius 1 is 1.05 bits per heavy atom. The average molecular weight is 285 g/mol. The number of nitrogens with one attached hydrogen (secondary N) is 2. The number of carbonyl (C=O) groups is 3. The predicted molar refractivity (Wildman–Crippen MR) is 73.2 cm³/mol. The van der Waals surface area contributed by atoms with Crippen LogP contribution >= 0.6 is 0 Å². The van der Waals surface area contributed by atoms with E-state index in [4.69, 9.17) is 5.11 Å².